The predicted octanol–water partition coefficient (Wildman–Crippen LogP) is 1.09. The molecule has 0 amide bonds. The Morgan fingerprint density at radius 3 is 2.90 bits per heavy atom. The molecule has 0 bridgehead atoms. The average molecular weight is 286 g/mol. The fourth-order valence-electron chi connectivity index (χ4n) is 2.79. The molecule has 2 atom stereocenters. The van der Waals surface area contributed by atoms with Crippen molar-refractivity contribution in [3.05, 3.63) is 18.5 Å². The van der Waals surface area contributed by atoms with Crippen LogP contribution in [0, 0.1) is 5.92 Å². The van der Waals surface area contributed by atoms with Crippen LogP contribution in [0.3, 0.4) is 0 Å². The highest BCUT2D eigenvalue weighted by atomic mass is 16.3. The molecule has 2 aromatic rings. The number of anilines is 2. The molecule has 0 saturated heterocycles. The Bertz CT molecular complexity index is 705. The second-order valence-electron chi connectivity index (χ2n) is 5.80. The van der Waals surface area contributed by atoms with Crippen LogP contribution in [-0.4, -0.2) is 37.3 Å². The molecule has 21 heavy (non-hydrogen) atoms. The van der Waals surface area contributed by atoms with E-state index < -0.39 is 0 Å². The van der Waals surface area contributed by atoms with E-state index >= 15 is 0 Å². The number of rotatable bonds is 4. The highest BCUT2D eigenvalue weighted by molar-refractivity contribution is 5.84. The number of nitrogens with one attached hydrogen (secondary N) is 1. The lowest BCUT2D eigenvalue weighted by molar-refractivity contribution is 0.244. The third-order valence-electron chi connectivity index (χ3n) is 4.10. The lowest BCUT2D eigenvalue weighted by Crippen LogP contribution is -2.10. The maximum Gasteiger partial charge on any atom is 0.224 e. The second kappa shape index (κ2) is 4.70. The summed E-state index contributed by atoms with van der Waals surface area (Å²) < 4.78 is 2.01. The van der Waals surface area contributed by atoms with E-state index in [2.05, 4.69) is 26.3 Å². The summed E-state index contributed by atoms with van der Waals surface area (Å²) >= 11 is 0. The van der Waals surface area contributed by atoms with E-state index in [9.17, 15) is 5.11 Å². The third kappa shape index (κ3) is 2.23. The van der Waals surface area contributed by atoms with Gasteiger partial charge in [-0.2, -0.15) is 9.97 Å². The zero-order valence-electron chi connectivity index (χ0n) is 11.6. The number of nitrogens with two attached hydrogens (primary N) is 1. The van der Waals surface area contributed by atoms with Crippen LogP contribution in [0.4, 0.5) is 11.8 Å². The van der Waals surface area contributed by atoms with E-state index in [1.807, 2.05) is 10.6 Å². The van der Waals surface area contributed by atoms with Crippen molar-refractivity contribution >= 4 is 22.9 Å². The number of nitrogen functional groups attached to an aromatic ring is 1. The maximum absolute atomic E-state index is 9.26. The standard InChI is InChI=1S/C14H18N6O/c15-14-18-12(17-9-2-3-9)11-13(19-14)20(7-16-11)10-4-1-8(5-10)6-21/h1,4,7-10,21H,2-3,5-6H2,(H3,15,17,18,19)/t8-,10-/m0/s1. The van der Waals surface area contributed by atoms with Crippen molar-refractivity contribution in [2.75, 3.05) is 17.7 Å². The number of nitrogens with zero attached hydrogens (tertiary/aromatic N) is 4. The van der Waals surface area contributed by atoms with Crippen LogP contribution in [0.25, 0.3) is 11.2 Å². The first-order valence-electron chi connectivity index (χ1n) is 7.30. The first-order chi connectivity index (χ1) is 10.2. The minimum absolute atomic E-state index is 0.162. The summed E-state index contributed by atoms with van der Waals surface area (Å²) in [5.41, 5.74) is 7.35. The quantitative estimate of drug-likeness (QED) is 0.727. The average Bonchev–Trinajstić information content (AvgIpc) is 3.01. The van der Waals surface area contributed by atoms with Gasteiger partial charge in [0.25, 0.3) is 0 Å². The molecule has 0 radical (unpaired) electrons. The molecule has 110 valence electrons. The number of hydrogen-bond acceptors (Lipinski definition) is 6. The van der Waals surface area contributed by atoms with Crippen LogP contribution in [0.1, 0.15) is 25.3 Å². The third-order valence-corrected chi connectivity index (χ3v) is 4.10. The van der Waals surface area contributed by atoms with Crippen molar-refractivity contribution in [3.63, 3.8) is 0 Å². The Labute approximate surface area is 121 Å². The van der Waals surface area contributed by atoms with Gasteiger partial charge in [-0.3, -0.25) is 0 Å². The van der Waals surface area contributed by atoms with Crippen molar-refractivity contribution in [1.29, 1.82) is 0 Å². The van der Waals surface area contributed by atoms with Gasteiger partial charge in [-0.25, -0.2) is 4.98 Å². The molecule has 1 saturated carbocycles. The number of aromatic nitrogens is 4. The molecule has 1 fully saturated rings. The zero-order chi connectivity index (χ0) is 14.4. The maximum atomic E-state index is 9.26. The summed E-state index contributed by atoms with van der Waals surface area (Å²) in [5.74, 6) is 1.18. The Balaban J connectivity index is 1.73. The number of imidazole rings is 1. The van der Waals surface area contributed by atoms with Crippen molar-refractivity contribution in [3.8, 4) is 0 Å². The van der Waals surface area contributed by atoms with E-state index in [0.717, 1.165) is 36.2 Å². The van der Waals surface area contributed by atoms with Crippen molar-refractivity contribution in [1.82, 2.24) is 19.5 Å². The first kappa shape index (κ1) is 12.6. The van der Waals surface area contributed by atoms with Gasteiger partial charge >= 0.3 is 0 Å². The number of fused-ring (bicyclic) bond motifs is 1. The minimum atomic E-state index is 0.162. The Morgan fingerprint density at radius 1 is 1.33 bits per heavy atom. The van der Waals surface area contributed by atoms with E-state index in [-0.39, 0.29) is 24.5 Å². The highest BCUT2D eigenvalue weighted by Crippen LogP contribution is 2.32. The van der Waals surface area contributed by atoms with Crippen LogP contribution in [-0.2, 0) is 0 Å². The predicted molar refractivity (Wildman–Crippen MR) is 79.7 cm³/mol. The summed E-state index contributed by atoms with van der Waals surface area (Å²) in [7, 11) is 0. The lowest BCUT2D eigenvalue weighted by Gasteiger charge is -2.13. The van der Waals surface area contributed by atoms with Gasteiger partial charge in [0, 0.05) is 18.6 Å². The first-order valence-corrected chi connectivity index (χ1v) is 7.30. The fraction of sp³-hybridized carbons (Fsp3) is 0.500. The molecule has 2 aliphatic rings. The Morgan fingerprint density at radius 2 is 2.19 bits per heavy atom. The molecular weight excluding hydrogens is 268 g/mol. The molecule has 0 aromatic carbocycles. The van der Waals surface area contributed by atoms with Gasteiger partial charge in [0.1, 0.15) is 0 Å². The molecular formula is C14H18N6O. The molecule has 4 rings (SSSR count). The summed E-state index contributed by atoms with van der Waals surface area (Å²) in [6, 6.07) is 0.646. The van der Waals surface area contributed by atoms with Gasteiger partial charge in [-0.1, -0.05) is 12.2 Å². The SMILES string of the molecule is Nc1nc(NC2CC2)c2ncn([C@H]3C=C[C@H](CO)C3)c2n1. The molecule has 0 aliphatic heterocycles. The largest absolute Gasteiger partial charge is 0.396 e. The van der Waals surface area contributed by atoms with Crippen LogP contribution < -0.4 is 11.1 Å². The van der Waals surface area contributed by atoms with Crippen molar-refractivity contribution < 1.29 is 5.11 Å². The molecule has 2 aromatic heterocycles. The zero-order valence-corrected chi connectivity index (χ0v) is 11.6. The van der Waals surface area contributed by atoms with Gasteiger partial charge in [0.05, 0.1) is 12.4 Å². The van der Waals surface area contributed by atoms with Gasteiger partial charge in [0.15, 0.2) is 17.0 Å². The van der Waals surface area contributed by atoms with Gasteiger partial charge in [-0.05, 0) is 19.3 Å². The number of aliphatic hydroxyl groups is 1. The van der Waals surface area contributed by atoms with Crippen LogP contribution in [0.5, 0.6) is 0 Å². The van der Waals surface area contributed by atoms with Crippen LogP contribution in [0.2, 0.25) is 0 Å². The van der Waals surface area contributed by atoms with Crippen molar-refractivity contribution in [2.45, 2.75) is 31.3 Å². The molecule has 0 unspecified atom stereocenters. The molecule has 4 N–H and O–H groups in total. The smallest absolute Gasteiger partial charge is 0.224 e. The number of hydrogen-bond donors (Lipinski definition) is 3. The van der Waals surface area contributed by atoms with Crippen molar-refractivity contribution in [2.24, 2.45) is 5.92 Å². The number of aliphatic hydroxyl groups excluding tert-OH is 1. The monoisotopic (exact) mass is 286 g/mol. The Hall–Kier alpha value is -2.15. The summed E-state index contributed by atoms with van der Waals surface area (Å²) in [6.07, 6.45) is 9.10. The van der Waals surface area contributed by atoms with Crippen LogP contribution >= 0.6 is 0 Å². The van der Waals surface area contributed by atoms with E-state index in [1.165, 1.54) is 0 Å². The molecule has 7 heteroatoms. The minimum Gasteiger partial charge on any atom is -0.396 e. The van der Waals surface area contributed by atoms with E-state index in [1.54, 1.807) is 6.33 Å². The lowest BCUT2D eigenvalue weighted by atomic mass is 10.1. The number of allylic oxidation sites excluding steroid dienone is 1. The summed E-state index contributed by atoms with van der Waals surface area (Å²) in [4.78, 5) is 13.1. The topological polar surface area (TPSA) is 102 Å². The molecule has 2 aliphatic carbocycles. The van der Waals surface area contributed by atoms with E-state index in [0.29, 0.717) is 6.04 Å². The van der Waals surface area contributed by atoms with Gasteiger partial charge in [-0.15, -0.1) is 0 Å². The van der Waals surface area contributed by atoms with E-state index in [4.69, 9.17) is 5.73 Å². The highest BCUT2D eigenvalue weighted by Gasteiger charge is 2.26. The molecule has 7 nitrogen and oxygen atoms in total. The fourth-order valence-corrected chi connectivity index (χ4v) is 2.79. The summed E-state index contributed by atoms with van der Waals surface area (Å²) in [6.45, 7) is 0.172. The normalized spacial score (nSPS) is 24.8. The molecule has 2 heterocycles. The van der Waals surface area contributed by atoms with Gasteiger partial charge in [0.2, 0.25) is 5.95 Å². The van der Waals surface area contributed by atoms with Gasteiger partial charge < -0.3 is 20.7 Å². The van der Waals surface area contributed by atoms with Crippen LogP contribution in [0.15, 0.2) is 18.5 Å². The Kier molecular flexibility index (Phi) is 2.81. The molecule has 0 spiro atoms. The second-order valence-corrected chi connectivity index (χ2v) is 5.80. The summed E-state index contributed by atoms with van der Waals surface area (Å²) in [5, 5.41) is 12.6.